The summed E-state index contributed by atoms with van der Waals surface area (Å²) < 4.78 is 1.08. The summed E-state index contributed by atoms with van der Waals surface area (Å²) in [5, 5.41) is 12.8. The minimum atomic E-state index is -0.443. The molecule has 0 aliphatic carbocycles. The van der Waals surface area contributed by atoms with Crippen molar-refractivity contribution in [3.8, 4) is 0 Å². The number of fused-ring (bicyclic) bond motifs is 1. The van der Waals surface area contributed by atoms with Gasteiger partial charge in [0.05, 0.1) is 6.10 Å². The number of benzene rings is 2. The van der Waals surface area contributed by atoms with Crippen LogP contribution in [-0.4, -0.2) is 5.11 Å². The third kappa shape index (κ3) is 3.37. The predicted octanol–water partition coefficient (Wildman–Crippen LogP) is 5.50. The minimum Gasteiger partial charge on any atom is -0.388 e. The van der Waals surface area contributed by atoms with E-state index >= 15 is 0 Å². The number of aliphatic hydroxyl groups excluding tert-OH is 1. The van der Waals surface area contributed by atoms with E-state index in [-0.39, 0.29) is 0 Å². The lowest BCUT2D eigenvalue weighted by Gasteiger charge is -2.11. The Bertz CT molecular complexity index is 763. The van der Waals surface area contributed by atoms with Crippen molar-refractivity contribution in [3.05, 3.63) is 68.3 Å². The Hall–Kier alpha value is -1.16. The molecule has 0 bridgehead atoms. The number of rotatable bonds is 4. The molecule has 108 valence electrons. The van der Waals surface area contributed by atoms with E-state index in [4.69, 9.17) is 0 Å². The fourth-order valence-corrected chi connectivity index (χ4v) is 3.85. The molecule has 2 aromatic carbocycles. The van der Waals surface area contributed by atoms with Gasteiger partial charge in [-0.2, -0.15) is 0 Å². The Morgan fingerprint density at radius 2 is 1.71 bits per heavy atom. The van der Waals surface area contributed by atoms with Gasteiger partial charge in [-0.05, 0) is 53.1 Å². The first-order valence-corrected chi connectivity index (χ1v) is 8.71. The Morgan fingerprint density at radius 3 is 2.48 bits per heavy atom. The maximum atomic E-state index is 10.5. The molecular weight excluding hydrogens is 344 g/mol. The van der Waals surface area contributed by atoms with Gasteiger partial charge < -0.3 is 5.11 Å². The number of aliphatic hydroxyl groups is 1. The van der Waals surface area contributed by atoms with Crippen LogP contribution in [0, 0.1) is 0 Å². The van der Waals surface area contributed by atoms with Crippen molar-refractivity contribution >= 4 is 38.0 Å². The molecule has 0 radical (unpaired) electrons. The van der Waals surface area contributed by atoms with Gasteiger partial charge in [-0.1, -0.05) is 41.1 Å². The lowest BCUT2D eigenvalue weighted by atomic mass is 10.0. The molecule has 3 heteroatoms. The average molecular weight is 361 g/mol. The zero-order chi connectivity index (χ0) is 14.8. The Balaban J connectivity index is 1.83. The van der Waals surface area contributed by atoms with Crippen LogP contribution < -0.4 is 0 Å². The molecule has 0 aliphatic rings. The van der Waals surface area contributed by atoms with Crippen molar-refractivity contribution in [2.45, 2.75) is 25.9 Å². The average Bonchev–Trinajstić information content (AvgIpc) is 2.94. The van der Waals surface area contributed by atoms with Gasteiger partial charge in [-0.3, -0.25) is 0 Å². The molecule has 3 rings (SSSR count). The summed E-state index contributed by atoms with van der Waals surface area (Å²) in [4.78, 5) is 2.62. The van der Waals surface area contributed by atoms with Crippen LogP contribution in [0.25, 0.3) is 10.8 Å². The van der Waals surface area contributed by atoms with Gasteiger partial charge in [0.2, 0.25) is 0 Å². The van der Waals surface area contributed by atoms with Crippen molar-refractivity contribution < 1.29 is 5.11 Å². The molecule has 1 heterocycles. The fraction of sp³-hybridized carbons (Fsp3) is 0.222. The molecule has 1 unspecified atom stereocenters. The summed E-state index contributed by atoms with van der Waals surface area (Å²) in [5.41, 5.74) is 0.983. The van der Waals surface area contributed by atoms with Gasteiger partial charge in [-0.25, -0.2) is 0 Å². The molecule has 0 fully saturated rings. The normalized spacial score (nSPS) is 12.7. The van der Waals surface area contributed by atoms with Crippen molar-refractivity contribution in [3.63, 3.8) is 0 Å². The largest absolute Gasteiger partial charge is 0.388 e. The molecule has 0 saturated carbocycles. The predicted molar refractivity (Wildman–Crippen MR) is 94.0 cm³/mol. The number of thiophene rings is 1. The van der Waals surface area contributed by atoms with Crippen molar-refractivity contribution in [2.24, 2.45) is 0 Å². The van der Waals surface area contributed by atoms with E-state index in [0.717, 1.165) is 21.8 Å². The number of hydrogen-bond donors (Lipinski definition) is 1. The van der Waals surface area contributed by atoms with Crippen LogP contribution in [0.1, 0.15) is 28.3 Å². The minimum absolute atomic E-state index is 0.443. The molecule has 1 nitrogen and oxygen atoms in total. The first kappa shape index (κ1) is 14.8. The molecule has 1 N–H and O–H groups in total. The molecule has 0 saturated heterocycles. The van der Waals surface area contributed by atoms with E-state index in [0.29, 0.717) is 6.42 Å². The third-order valence-corrected chi connectivity index (χ3v) is 5.42. The Morgan fingerprint density at radius 1 is 1.00 bits per heavy atom. The highest BCUT2D eigenvalue weighted by atomic mass is 79.9. The first-order chi connectivity index (χ1) is 10.2. The third-order valence-electron chi connectivity index (χ3n) is 3.67. The van der Waals surface area contributed by atoms with Gasteiger partial charge in [-0.15, -0.1) is 11.3 Å². The molecule has 0 spiro atoms. The quantitative estimate of drug-likeness (QED) is 0.650. The van der Waals surface area contributed by atoms with E-state index in [1.165, 1.54) is 15.1 Å². The van der Waals surface area contributed by atoms with Crippen LogP contribution >= 0.6 is 27.3 Å². The molecule has 1 atom stereocenters. The van der Waals surface area contributed by atoms with Gasteiger partial charge in [0, 0.05) is 20.6 Å². The second kappa shape index (κ2) is 6.30. The molecular formula is C18H17BrOS. The zero-order valence-corrected chi connectivity index (χ0v) is 14.2. The monoisotopic (exact) mass is 360 g/mol. The van der Waals surface area contributed by atoms with Crippen LogP contribution in [0.2, 0.25) is 0 Å². The topological polar surface area (TPSA) is 20.2 Å². The number of halogens is 1. The molecule has 3 aromatic rings. The van der Waals surface area contributed by atoms with Crippen molar-refractivity contribution in [1.29, 1.82) is 0 Å². The summed E-state index contributed by atoms with van der Waals surface area (Å²) in [5.74, 6) is 0. The summed E-state index contributed by atoms with van der Waals surface area (Å²) in [6.45, 7) is 2.16. The highest BCUT2D eigenvalue weighted by molar-refractivity contribution is 9.10. The van der Waals surface area contributed by atoms with E-state index < -0.39 is 6.10 Å². The Kier molecular flexibility index (Phi) is 4.43. The fourth-order valence-electron chi connectivity index (χ4n) is 2.47. The second-order valence-corrected chi connectivity index (χ2v) is 7.36. The molecule has 0 amide bonds. The van der Waals surface area contributed by atoms with Gasteiger partial charge in [0.1, 0.15) is 0 Å². The SMILES string of the molecule is CCc1ccc(CC(O)c2ccc3cc(Br)ccc3c2)s1. The second-order valence-electron chi connectivity index (χ2n) is 5.19. The number of hydrogen-bond acceptors (Lipinski definition) is 2. The number of aryl methyl sites for hydroxylation is 1. The lowest BCUT2D eigenvalue weighted by Crippen LogP contribution is -2.00. The maximum absolute atomic E-state index is 10.5. The molecule has 21 heavy (non-hydrogen) atoms. The summed E-state index contributed by atoms with van der Waals surface area (Å²) in [6, 6.07) is 16.7. The summed E-state index contributed by atoms with van der Waals surface area (Å²) >= 11 is 5.28. The van der Waals surface area contributed by atoms with Crippen LogP contribution in [0.4, 0.5) is 0 Å². The smallest absolute Gasteiger partial charge is 0.0838 e. The summed E-state index contributed by atoms with van der Waals surface area (Å²) in [7, 11) is 0. The molecule has 0 aliphatic heterocycles. The van der Waals surface area contributed by atoms with E-state index in [9.17, 15) is 5.11 Å². The van der Waals surface area contributed by atoms with Crippen LogP contribution in [-0.2, 0) is 12.8 Å². The van der Waals surface area contributed by atoms with E-state index in [1.807, 2.05) is 12.1 Å². The Labute approximate surface area is 137 Å². The highest BCUT2D eigenvalue weighted by Gasteiger charge is 2.11. The van der Waals surface area contributed by atoms with Crippen LogP contribution in [0.5, 0.6) is 0 Å². The highest BCUT2D eigenvalue weighted by Crippen LogP contribution is 2.27. The standard InChI is InChI=1S/C18H17BrOS/c1-2-16-7-8-17(21-16)11-18(20)14-4-3-13-10-15(19)6-5-12(13)9-14/h3-10,18,20H,2,11H2,1H3. The van der Waals surface area contributed by atoms with Gasteiger partial charge in [0.15, 0.2) is 0 Å². The maximum Gasteiger partial charge on any atom is 0.0838 e. The van der Waals surface area contributed by atoms with Crippen molar-refractivity contribution in [2.75, 3.05) is 0 Å². The van der Waals surface area contributed by atoms with Crippen LogP contribution in [0.3, 0.4) is 0 Å². The summed E-state index contributed by atoms with van der Waals surface area (Å²) in [6.07, 6.45) is 1.31. The molecule has 1 aromatic heterocycles. The van der Waals surface area contributed by atoms with Gasteiger partial charge >= 0.3 is 0 Å². The van der Waals surface area contributed by atoms with Gasteiger partial charge in [0.25, 0.3) is 0 Å². The lowest BCUT2D eigenvalue weighted by molar-refractivity contribution is 0.179. The van der Waals surface area contributed by atoms with Crippen molar-refractivity contribution in [1.82, 2.24) is 0 Å². The zero-order valence-electron chi connectivity index (χ0n) is 11.8. The van der Waals surface area contributed by atoms with E-state index in [1.54, 1.807) is 11.3 Å². The van der Waals surface area contributed by atoms with Crippen LogP contribution in [0.15, 0.2) is 53.0 Å². The first-order valence-electron chi connectivity index (χ1n) is 7.10. The van der Waals surface area contributed by atoms with E-state index in [2.05, 4.69) is 59.3 Å².